The van der Waals surface area contributed by atoms with E-state index in [0.29, 0.717) is 5.41 Å². The fourth-order valence-corrected chi connectivity index (χ4v) is 3.69. The Morgan fingerprint density at radius 3 is 2.75 bits per heavy atom. The summed E-state index contributed by atoms with van der Waals surface area (Å²) in [6.07, 6.45) is 9.97. The Hall–Kier alpha value is -0.890. The Kier molecular flexibility index (Phi) is 4.11. The van der Waals surface area contributed by atoms with E-state index in [2.05, 4.69) is 36.3 Å². The van der Waals surface area contributed by atoms with Gasteiger partial charge in [-0.2, -0.15) is 0 Å². The Morgan fingerprint density at radius 2 is 2.05 bits per heavy atom. The van der Waals surface area contributed by atoms with Crippen LogP contribution in [0.4, 0.5) is 0 Å². The topological polar surface area (TPSA) is 24.9 Å². The van der Waals surface area contributed by atoms with E-state index in [0.717, 1.165) is 24.3 Å². The SMILES string of the molecule is CC1(C)CCC(CNC2CC2)C(Cc2ccccn2)C1. The van der Waals surface area contributed by atoms with Gasteiger partial charge in [0.1, 0.15) is 0 Å². The lowest BCUT2D eigenvalue weighted by Gasteiger charge is -2.41. The molecule has 2 nitrogen and oxygen atoms in total. The molecule has 2 fully saturated rings. The minimum Gasteiger partial charge on any atom is -0.314 e. The van der Waals surface area contributed by atoms with Gasteiger partial charge < -0.3 is 5.32 Å². The molecule has 1 aromatic rings. The number of nitrogens with one attached hydrogen (secondary N) is 1. The van der Waals surface area contributed by atoms with Crippen molar-refractivity contribution in [3.8, 4) is 0 Å². The number of rotatable bonds is 5. The summed E-state index contributed by atoms with van der Waals surface area (Å²) in [5.74, 6) is 1.63. The molecular weight excluding hydrogens is 244 g/mol. The maximum Gasteiger partial charge on any atom is 0.0406 e. The van der Waals surface area contributed by atoms with E-state index in [1.54, 1.807) is 0 Å². The first-order valence-electron chi connectivity index (χ1n) is 8.26. The molecule has 0 aromatic carbocycles. The molecule has 20 heavy (non-hydrogen) atoms. The molecule has 0 amide bonds. The second-order valence-corrected chi connectivity index (χ2v) is 7.63. The molecule has 1 aromatic heterocycles. The van der Waals surface area contributed by atoms with Crippen LogP contribution in [0.3, 0.4) is 0 Å². The molecular formula is C18H28N2. The van der Waals surface area contributed by atoms with E-state index in [1.807, 2.05) is 12.3 Å². The van der Waals surface area contributed by atoms with Crippen LogP contribution in [-0.2, 0) is 6.42 Å². The normalized spacial score (nSPS) is 29.3. The van der Waals surface area contributed by atoms with E-state index in [-0.39, 0.29) is 0 Å². The number of hydrogen-bond donors (Lipinski definition) is 1. The van der Waals surface area contributed by atoms with Crippen LogP contribution < -0.4 is 5.32 Å². The van der Waals surface area contributed by atoms with Crippen LogP contribution in [0.25, 0.3) is 0 Å². The van der Waals surface area contributed by atoms with Crippen LogP contribution in [0, 0.1) is 17.3 Å². The van der Waals surface area contributed by atoms with E-state index in [1.165, 1.54) is 44.3 Å². The molecule has 1 N–H and O–H groups in total. The number of hydrogen-bond acceptors (Lipinski definition) is 2. The minimum atomic E-state index is 0.509. The molecule has 1 heterocycles. The Bertz CT molecular complexity index is 420. The maximum atomic E-state index is 4.54. The zero-order valence-corrected chi connectivity index (χ0v) is 12.9. The third-order valence-electron chi connectivity index (χ3n) is 5.12. The predicted molar refractivity (Wildman–Crippen MR) is 83.6 cm³/mol. The molecule has 2 saturated carbocycles. The molecule has 0 aliphatic heterocycles. The zero-order valence-electron chi connectivity index (χ0n) is 12.9. The van der Waals surface area contributed by atoms with Crippen molar-refractivity contribution >= 4 is 0 Å². The highest BCUT2D eigenvalue weighted by Gasteiger charge is 2.35. The third kappa shape index (κ3) is 3.82. The molecule has 3 rings (SSSR count). The van der Waals surface area contributed by atoms with Crippen molar-refractivity contribution in [1.29, 1.82) is 0 Å². The van der Waals surface area contributed by atoms with E-state index in [9.17, 15) is 0 Å². The summed E-state index contributed by atoms with van der Waals surface area (Å²) >= 11 is 0. The quantitative estimate of drug-likeness (QED) is 0.881. The molecule has 2 unspecified atom stereocenters. The van der Waals surface area contributed by atoms with Gasteiger partial charge in [0.15, 0.2) is 0 Å². The monoisotopic (exact) mass is 272 g/mol. The van der Waals surface area contributed by atoms with Crippen LogP contribution in [0.15, 0.2) is 24.4 Å². The highest BCUT2D eigenvalue weighted by molar-refractivity contribution is 5.06. The van der Waals surface area contributed by atoms with Crippen LogP contribution in [-0.4, -0.2) is 17.6 Å². The Balaban J connectivity index is 1.64. The first-order chi connectivity index (χ1) is 9.62. The summed E-state index contributed by atoms with van der Waals surface area (Å²) in [7, 11) is 0. The standard InChI is InChI=1S/C18H28N2/c1-18(2)9-8-14(13-20-16-6-7-16)15(12-18)11-17-5-3-4-10-19-17/h3-5,10,14-16,20H,6-9,11-13H2,1-2H3. The second-order valence-electron chi connectivity index (χ2n) is 7.63. The number of pyridine rings is 1. The van der Waals surface area contributed by atoms with Gasteiger partial charge >= 0.3 is 0 Å². The lowest BCUT2D eigenvalue weighted by atomic mass is 9.66. The molecule has 2 heteroatoms. The molecule has 110 valence electrons. The summed E-state index contributed by atoms with van der Waals surface area (Å²) in [6.45, 7) is 6.09. The van der Waals surface area contributed by atoms with Gasteiger partial charge in [-0.3, -0.25) is 4.98 Å². The first-order valence-corrected chi connectivity index (χ1v) is 8.26. The maximum absolute atomic E-state index is 4.54. The Labute approximate surface area is 123 Å². The van der Waals surface area contributed by atoms with Crippen LogP contribution >= 0.6 is 0 Å². The van der Waals surface area contributed by atoms with Gasteiger partial charge in [0, 0.05) is 17.9 Å². The minimum absolute atomic E-state index is 0.509. The largest absolute Gasteiger partial charge is 0.314 e. The van der Waals surface area contributed by atoms with Gasteiger partial charge in [-0.15, -0.1) is 0 Å². The highest BCUT2D eigenvalue weighted by Crippen LogP contribution is 2.43. The molecule has 0 radical (unpaired) electrons. The zero-order chi connectivity index (χ0) is 14.0. The second kappa shape index (κ2) is 5.85. The van der Waals surface area contributed by atoms with Crippen LogP contribution in [0.5, 0.6) is 0 Å². The van der Waals surface area contributed by atoms with E-state index < -0.39 is 0 Å². The van der Waals surface area contributed by atoms with Crippen LogP contribution in [0.1, 0.15) is 51.6 Å². The molecule has 0 bridgehead atoms. The summed E-state index contributed by atoms with van der Waals surface area (Å²) in [5.41, 5.74) is 1.78. The third-order valence-corrected chi connectivity index (χ3v) is 5.12. The van der Waals surface area contributed by atoms with Crippen molar-refractivity contribution in [2.45, 2.75) is 58.4 Å². The molecule has 2 aliphatic rings. The van der Waals surface area contributed by atoms with Crippen molar-refractivity contribution in [3.05, 3.63) is 30.1 Å². The predicted octanol–water partition coefficient (Wildman–Crippen LogP) is 3.82. The van der Waals surface area contributed by atoms with Crippen LogP contribution in [0.2, 0.25) is 0 Å². The lowest BCUT2D eigenvalue weighted by molar-refractivity contribution is 0.115. The van der Waals surface area contributed by atoms with Crippen molar-refractivity contribution in [3.63, 3.8) is 0 Å². The van der Waals surface area contributed by atoms with E-state index in [4.69, 9.17) is 0 Å². The van der Waals surface area contributed by atoms with Crippen molar-refractivity contribution < 1.29 is 0 Å². The first kappa shape index (κ1) is 14.1. The Morgan fingerprint density at radius 1 is 1.20 bits per heavy atom. The van der Waals surface area contributed by atoms with Gasteiger partial charge in [-0.25, -0.2) is 0 Å². The van der Waals surface area contributed by atoms with Gasteiger partial charge in [0.25, 0.3) is 0 Å². The highest BCUT2D eigenvalue weighted by atomic mass is 14.9. The molecule has 2 aliphatic carbocycles. The van der Waals surface area contributed by atoms with E-state index >= 15 is 0 Å². The number of nitrogens with zero attached hydrogens (tertiary/aromatic N) is 1. The molecule has 0 saturated heterocycles. The number of aromatic nitrogens is 1. The fourth-order valence-electron chi connectivity index (χ4n) is 3.69. The summed E-state index contributed by atoms with van der Waals surface area (Å²) in [4.78, 5) is 4.54. The average molecular weight is 272 g/mol. The van der Waals surface area contributed by atoms with Gasteiger partial charge in [0.2, 0.25) is 0 Å². The van der Waals surface area contributed by atoms with Crippen molar-refractivity contribution in [2.75, 3.05) is 6.54 Å². The van der Waals surface area contributed by atoms with Gasteiger partial charge in [-0.1, -0.05) is 19.9 Å². The smallest absolute Gasteiger partial charge is 0.0406 e. The fraction of sp³-hybridized carbons (Fsp3) is 0.722. The average Bonchev–Trinajstić information content (AvgIpc) is 3.22. The van der Waals surface area contributed by atoms with Gasteiger partial charge in [-0.05, 0) is 74.5 Å². The molecule has 0 spiro atoms. The van der Waals surface area contributed by atoms with Gasteiger partial charge in [0.05, 0.1) is 0 Å². The summed E-state index contributed by atoms with van der Waals surface area (Å²) in [6, 6.07) is 7.15. The van der Waals surface area contributed by atoms with Crippen molar-refractivity contribution in [2.24, 2.45) is 17.3 Å². The summed E-state index contributed by atoms with van der Waals surface area (Å²) < 4.78 is 0. The summed E-state index contributed by atoms with van der Waals surface area (Å²) in [5, 5.41) is 3.75. The lowest BCUT2D eigenvalue weighted by Crippen LogP contribution is -2.37. The van der Waals surface area contributed by atoms with Crippen molar-refractivity contribution in [1.82, 2.24) is 10.3 Å². The molecule has 2 atom stereocenters.